The van der Waals surface area contributed by atoms with E-state index in [1.807, 2.05) is 11.8 Å². The normalized spacial score (nSPS) is 30.1. The lowest BCUT2D eigenvalue weighted by atomic mass is 9.95. The van der Waals surface area contributed by atoms with Crippen molar-refractivity contribution in [1.29, 1.82) is 0 Å². The fourth-order valence-corrected chi connectivity index (χ4v) is 2.68. The summed E-state index contributed by atoms with van der Waals surface area (Å²) in [5.74, 6) is 0.209. The van der Waals surface area contributed by atoms with Gasteiger partial charge in [0.15, 0.2) is 0 Å². The maximum absolute atomic E-state index is 10.8. The first-order valence-corrected chi connectivity index (χ1v) is 5.56. The van der Waals surface area contributed by atoms with Crippen molar-refractivity contribution in [3.63, 3.8) is 0 Å². The molecule has 0 bridgehead atoms. The van der Waals surface area contributed by atoms with Crippen LogP contribution in [0.4, 0.5) is 0 Å². The van der Waals surface area contributed by atoms with Crippen LogP contribution in [0.2, 0.25) is 0 Å². The summed E-state index contributed by atoms with van der Waals surface area (Å²) in [4.78, 5) is 10.8. The van der Waals surface area contributed by atoms with E-state index < -0.39 is 5.97 Å². The third kappa shape index (κ3) is 2.88. The molecule has 76 valence electrons. The molecular weight excluding hydrogens is 186 g/mol. The van der Waals surface area contributed by atoms with Gasteiger partial charge >= 0.3 is 5.97 Å². The highest BCUT2D eigenvalue weighted by Crippen LogP contribution is 2.32. The van der Waals surface area contributed by atoms with E-state index in [0.29, 0.717) is 0 Å². The van der Waals surface area contributed by atoms with Crippen LogP contribution in [0.25, 0.3) is 0 Å². The van der Waals surface area contributed by atoms with E-state index in [1.54, 1.807) is 0 Å². The molecule has 1 aliphatic rings. The molecule has 13 heavy (non-hydrogen) atoms. The fourth-order valence-electron chi connectivity index (χ4n) is 1.31. The minimum atomic E-state index is -0.727. The van der Waals surface area contributed by atoms with E-state index in [1.165, 1.54) is 0 Å². The van der Waals surface area contributed by atoms with Crippen molar-refractivity contribution in [1.82, 2.24) is 5.32 Å². The second-order valence-electron chi connectivity index (χ2n) is 4.46. The molecule has 0 aromatic carbocycles. The van der Waals surface area contributed by atoms with Gasteiger partial charge in [-0.15, -0.1) is 11.8 Å². The average Bonchev–Trinajstić information content (AvgIpc) is 2.03. The zero-order valence-electron chi connectivity index (χ0n) is 8.33. The van der Waals surface area contributed by atoms with Gasteiger partial charge in [0, 0.05) is 0 Å². The topological polar surface area (TPSA) is 49.3 Å². The SMILES string of the molecule is CC(C)(C)C1NC(C(=O)O)CCS1. The molecule has 0 radical (unpaired) electrons. The first-order valence-electron chi connectivity index (χ1n) is 4.52. The first kappa shape index (κ1) is 10.9. The Morgan fingerprint density at radius 1 is 1.54 bits per heavy atom. The Morgan fingerprint density at radius 2 is 2.15 bits per heavy atom. The molecule has 3 nitrogen and oxygen atoms in total. The summed E-state index contributed by atoms with van der Waals surface area (Å²) in [6.07, 6.45) is 0.729. The van der Waals surface area contributed by atoms with Crippen molar-refractivity contribution >= 4 is 17.7 Å². The molecule has 2 atom stereocenters. The average molecular weight is 203 g/mol. The van der Waals surface area contributed by atoms with E-state index in [-0.39, 0.29) is 16.8 Å². The van der Waals surface area contributed by atoms with Crippen molar-refractivity contribution < 1.29 is 9.90 Å². The minimum absolute atomic E-state index is 0.124. The molecule has 2 unspecified atom stereocenters. The number of thioether (sulfide) groups is 1. The Hall–Kier alpha value is -0.220. The van der Waals surface area contributed by atoms with Gasteiger partial charge in [0.05, 0.1) is 5.37 Å². The number of hydrogen-bond acceptors (Lipinski definition) is 3. The molecule has 0 saturated carbocycles. The zero-order chi connectivity index (χ0) is 10.1. The molecule has 1 fully saturated rings. The van der Waals surface area contributed by atoms with Gasteiger partial charge in [-0.1, -0.05) is 20.8 Å². The maximum Gasteiger partial charge on any atom is 0.320 e. The van der Waals surface area contributed by atoms with Gasteiger partial charge in [0.2, 0.25) is 0 Å². The summed E-state index contributed by atoms with van der Waals surface area (Å²) >= 11 is 1.82. The van der Waals surface area contributed by atoms with Gasteiger partial charge in [-0.3, -0.25) is 10.1 Å². The van der Waals surface area contributed by atoms with E-state index >= 15 is 0 Å². The van der Waals surface area contributed by atoms with Gasteiger partial charge in [-0.25, -0.2) is 0 Å². The molecule has 0 aromatic rings. The lowest BCUT2D eigenvalue weighted by molar-refractivity contribution is -0.139. The molecule has 0 spiro atoms. The van der Waals surface area contributed by atoms with Crippen molar-refractivity contribution in [2.75, 3.05) is 5.75 Å². The van der Waals surface area contributed by atoms with Crippen molar-refractivity contribution in [2.24, 2.45) is 5.41 Å². The van der Waals surface area contributed by atoms with Crippen molar-refractivity contribution in [3.05, 3.63) is 0 Å². The highest BCUT2D eigenvalue weighted by molar-refractivity contribution is 7.99. The second-order valence-corrected chi connectivity index (χ2v) is 5.68. The molecule has 0 aromatic heterocycles. The smallest absolute Gasteiger partial charge is 0.320 e. The van der Waals surface area contributed by atoms with E-state index in [0.717, 1.165) is 12.2 Å². The highest BCUT2D eigenvalue weighted by Gasteiger charge is 2.33. The Morgan fingerprint density at radius 3 is 2.62 bits per heavy atom. The van der Waals surface area contributed by atoms with Crippen LogP contribution in [0, 0.1) is 5.41 Å². The van der Waals surface area contributed by atoms with Crippen LogP contribution < -0.4 is 5.32 Å². The third-order valence-corrected chi connectivity index (χ3v) is 3.78. The maximum atomic E-state index is 10.8. The predicted octanol–water partition coefficient (Wildman–Crippen LogP) is 1.54. The molecular formula is C9H17NO2S. The second kappa shape index (κ2) is 3.88. The molecule has 4 heteroatoms. The Labute approximate surface area is 83.3 Å². The van der Waals surface area contributed by atoms with E-state index in [4.69, 9.17) is 5.11 Å². The standard InChI is InChI=1S/C9H17NO2S/c1-9(2,3)8-10-6(7(11)12)4-5-13-8/h6,8,10H,4-5H2,1-3H3,(H,11,12). The lowest BCUT2D eigenvalue weighted by Crippen LogP contribution is -2.50. The quantitative estimate of drug-likeness (QED) is 0.678. The number of carboxylic acids is 1. The number of nitrogens with one attached hydrogen (secondary N) is 1. The van der Waals surface area contributed by atoms with E-state index in [9.17, 15) is 4.79 Å². The summed E-state index contributed by atoms with van der Waals surface area (Å²) in [6.45, 7) is 6.38. The van der Waals surface area contributed by atoms with Gasteiger partial charge < -0.3 is 5.11 Å². The fraction of sp³-hybridized carbons (Fsp3) is 0.889. The monoisotopic (exact) mass is 203 g/mol. The van der Waals surface area contributed by atoms with Gasteiger partial charge in [0.1, 0.15) is 6.04 Å². The van der Waals surface area contributed by atoms with Crippen LogP contribution in [-0.2, 0) is 4.79 Å². The number of rotatable bonds is 1. The van der Waals surface area contributed by atoms with Crippen LogP contribution in [0.5, 0.6) is 0 Å². The summed E-state index contributed by atoms with van der Waals surface area (Å²) in [7, 11) is 0. The summed E-state index contributed by atoms with van der Waals surface area (Å²) in [6, 6.07) is -0.356. The zero-order valence-corrected chi connectivity index (χ0v) is 9.15. The summed E-state index contributed by atoms with van der Waals surface area (Å²) in [5, 5.41) is 12.3. The summed E-state index contributed by atoms with van der Waals surface area (Å²) in [5.41, 5.74) is 0.124. The number of carbonyl (C=O) groups is 1. The third-order valence-electron chi connectivity index (χ3n) is 2.13. The van der Waals surface area contributed by atoms with Crippen LogP contribution in [0.15, 0.2) is 0 Å². The van der Waals surface area contributed by atoms with Crippen LogP contribution >= 0.6 is 11.8 Å². The van der Waals surface area contributed by atoms with Gasteiger partial charge in [-0.2, -0.15) is 0 Å². The highest BCUT2D eigenvalue weighted by atomic mass is 32.2. The van der Waals surface area contributed by atoms with E-state index in [2.05, 4.69) is 26.1 Å². The molecule has 1 rings (SSSR count). The van der Waals surface area contributed by atoms with Crippen molar-refractivity contribution in [3.8, 4) is 0 Å². The molecule has 1 aliphatic heterocycles. The molecule has 0 aliphatic carbocycles. The Kier molecular flexibility index (Phi) is 3.24. The Bertz CT molecular complexity index is 200. The molecule has 0 amide bonds. The van der Waals surface area contributed by atoms with Crippen LogP contribution in [-0.4, -0.2) is 28.2 Å². The molecule has 1 saturated heterocycles. The first-order chi connectivity index (χ1) is 5.91. The van der Waals surface area contributed by atoms with Crippen LogP contribution in [0.1, 0.15) is 27.2 Å². The predicted molar refractivity (Wildman–Crippen MR) is 54.9 cm³/mol. The number of carboxylic acid groups (broad SMARTS) is 1. The molecule has 1 heterocycles. The van der Waals surface area contributed by atoms with Gasteiger partial charge in [0.25, 0.3) is 0 Å². The molecule has 2 N–H and O–H groups in total. The van der Waals surface area contributed by atoms with Crippen LogP contribution in [0.3, 0.4) is 0 Å². The largest absolute Gasteiger partial charge is 0.480 e. The number of hydrogen-bond donors (Lipinski definition) is 2. The number of aliphatic carboxylic acids is 1. The Balaban J connectivity index is 2.57. The summed E-state index contributed by atoms with van der Waals surface area (Å²) < 4.78 is 0. The lowest BCUT2D eigenvalue weighted by Gasteiger charge is -2.36. The van der Waals surface area contributed by atoms with Crippen molar-refractivity contribution in [2.45, 2.75) is 38.6 Å². The van der Waals surface area contributed by atoms with Gasteiger partial charge in [-0.05, 0) is 17.6 Å². The minimum Gasteiger partial charge on any atom is -0.480 e.